The number of fused-ring (bicyclic) bond motifs is 2. The molecule has 4 rings (SSSR count). The van der Waals surface area contributed by atoms with Crippen LogP contribution in [0, 0.1) is 20.8 Å². The van der Waals surface area contributed by atoms with Crippen LogP contribution in [0.15, 0.2) is 53.8 Å². The smallest absolute Gasteiger partial charge is 0.151 e. The lowest BCUT2D eigenvalue weighted by atomic mass is 10.2. The second-order valence-electron chi connectivity index (χ2n) is 5.38. The Morgan fingerprint density at radius 1 is 0.818 bits per heavy atom. The molecule has 0 spiro atoms. The first-order valence-corrected chi connectivity index (χ1v) is 7.82. The Kier molecular flexibility index (Phi) is 3.98. The standard InChI is InChI=1S/C9H10N2.C8H7BrN2/c1-7-5-8(2)9-10-3-4-11(9)6-7;1-6-4-7(9)8-10-2-3-11(8)5-6/h3-6H,1-2H3;2-5H,1H3. The quantitative estimate of drug-likeness (QED) is 0.469. The molecule has 0 atom stereocenters. The fraction of sp³-hybridized carbons (Fsp3) is 0.176. The molecule has 0 radical (unpaired) electrons. The van der Waals surface area contributed by atoms with Crippen LogP contribution in [0.25, 0.3) is 11.3 Å². The van der Waals surface area contributed by atoms with Gasteiger partial charge in [0.1, 0.15) is 5.65 Å². The van der Waals surface area contributed by atoms with E-state index in [0.29, 0.717) is 0 Å². The molecule has 4 aromatic heterocycles. The molecular weight excluding hydrogens is 340 g/mol. The van der Waals surface area contributed by atoms with Crippen molar-refractivity contribution in [1.29, 1.82) is 0 Å². The van der Waals surface area contributed by atoms with Gasteiger partial charge in [-0.25, -0.2) is 9.97 Å². The van der Waals surface area contributed by atoms with Gasteiger partial charge in [-0.1, -0.05) is 6.07 Å². The summed E-state index contributed by atoms with van der Waals surface area (Å²) < 4.78 is 5.09. The zero-order valence-electron chi connectivity index (χ0n) is 12.8. The van der Waals surface area contributed by atoms with Gasteiger partial charge in [-0.15, -0.1) is 0 Å². The summed E-state index contributed by atoms with van der Waals surface area (Å²) >= 11 is 3.44. The maximum absolute atomic E-state index is 4.22. The number of aromatic nitrogens is 4. The largest absolute Gasteiger partial charge is 0.307 e. The lowest BCUT2D eigenvalue weighted by Gasteiger charge is -1.98. The first-order chi connectivity index (χ1) is 10.5. The second-order valence-corrected chi connectivity index (χ2v) is 6.24. The average Bonchev–Trinajstić information content (AvgIpc) is 3.07. The molecule has 0 saturated heterocycles. The number of nitrogens with zero attached hydrogens (tertiary/aromatic N) is 4. The Hall–Kier alpha value is -2.14. The lowest BCUT2D eigenvalue weighted by molar-refractivity contribution is 1.13. The predicted molar refractivity (Wildman–Crippen MR) is 92.3 cm³/mol. The highest BCUT2D eigenvalue weighted by atomic mass is 79.9. The molecule has 4 aromatic rings. The molecule has 0 unspecified atom stereocenters. The van der Waals surface area contributed by atoms with Crippen molar-refractivity contribution in [3.63, 3.8) is 0 Å². The molecule has 0 aliphatic carbocycles. The van der Waals surface area contributed by atoms with Crippen molar-refractivity contribution in [2.45, 2.75) is 20.8 Å². The summed E-state index contributed by atoms with van der Waals surface area (Å²) in [6.07, 6.45) is 11.6. The van der Waals surface area contributed by atoms with Gasteiger partial charge >= 0.3 is 0 Å². The van der Waals surface area contributed by atoms with Gasteiger partial charge in [-0.05, 0) is 59.5 Å². The molecule has 0 N–H and O–H groups in total. The maximum Gasteiger partial charge on any atom is 0.151 e. The Morgan fingerprint density at radius 3 is 2.05 bits per heavy atom. The number of hydrogen-bond acceptors (Lipinski definition) is 2. The van der Waals surface area contributed by atoms with Crippen molar-refractivity contribution in [3.8, 4) is 0 Å². The van der Waals surface area contributed by atoms with Crippen LogP contribution in [0.3, 0.4) is 0 Å². The summed E-state index contributed by atoms with van der Waals surface area (Å²) in [6, 6.07) is 4.20. The monoisotopic (exact) mass is 356 g/mol. The Morgan fingerprint density at radius 2 is 1.36 bits per heavy atom. The lowest BCUT2D eigenvalue weighted by Crippen LogP contribution is -1.88. The van der Waals surface area contributed by atoms with E-state index in [9.17, 15) is 0 Å². The van der Waals surface area contributed by atoms with E-state index < -0.39 is 0 Å². The third kappa shape index (κ3) is 2.90. The van der Waals surface area contributed by atoms with E-state index >= 15 is 0 Å². The molecule has 0 aliphatic rings. The van der Waals surface area contributed by atoms with E-state index in [1.54, 1.807) is 6.20 Å². The SMILES string of the molecule is Cc1cc(Br)c2nccn2c1.Cc1cc(C)c2nccn2c1. The minimum atomic E-state index is 0.968. The van der Waals surface area contributed by atoms with Crippen molar-refractivity contribution >= 4 is 27.2 Å². The van der Waals surface area contributed by atoms with Gasteiger partial charge in [-0.2, -0.15) is 0 Å². The molecular formula is C17H17BrN4. The van der Waals surface area contributed by atoms with Gasteiger partial charge in [0.05, 0.1) is 4.47 Å². The number of aryl methyl sites for hydroxylation is 3. The average molecular weight is 357 g/mol. The molecule has 0 amide bonds. The summed E-state index contributed by atoms with van der Waals surface area (Å²) in [5, 5.41) is 0. The van der Waals surface area contributed by atoms with Crippen LogP contribution < -0.4 is 0 Å². The third-order valence-electron chi connectivity index (χ3n) is 3.39. The van der Waals surface area contributed by atoms with E-state index in [0.717, 1.165) is 15.8 Å². The van der Waals surface area contributed by atoms with Crippen molar-refractivity contribution in [2.24, 2.45) is 0 Å². The maximum atomic E-state index is 4.22. The molecule has 0 fully saturated rings. The molecule has 5 heteroatoms. The van der Waals surface area contributed by atoms with Gasteiger partial charge in [0.2, 0.25) is 0 Å². The van der Waals surface area contributed by atoms with Crippen LogP contribution in [0.4, 0.5) is 0 Å². The van der Waals surface area contributed by atoms with Crippen molar-refractivity contribution in [2.75, 3.05) is 0 Å². The minimum Gasteiger partial charge on any atom is -0.307 e. The number of imidazole rings is 2. The molecule has 0 aromatic carbocycles. The normalized spacial score (nSPS) is 10.7. The first-order valence-electron chi connectivity index (χ1n) is 7.03. The molecule has 0 saturated carbocycles. The zero-order chi connectivity index (χ0) is 15.7. The van der Waals surface area contributed by atoms with E-state index in [1.807, 2.05) is 33.6 Å². The second kappa shape index (κ2) is 5.93. The molecule has 4 nitrogen and oxygen atoms in total. The first kappa shape index (κ1) is 14.8. The highest BCUT2D eigenvalue weighted by molar-refractivity contribution is 9.10. The molecule has 22 heavy (non-hydrogen) atoms. The number of halogens is 1. The van der Waals surface area contributed by atoms with Crippen LogP contribution in [0.1, 0.15) is 16.7 Å². The summed E-state index contributed by atoms with van der Waals surface area (Å²) in [7, 11) is 0. The van der Waals surface area contributed by atoms with E-state index in [-0.39, 0.29) is 0 Å². The van der Waals surface area contributed by atoms with Crippen LogP contribution in [0.2, 0.25) is 0 Å². The fourth-order valence-corrected chi connectivity index (χ4v) is 3.18. The van der Waals surface area contributed by atoms with Crippen LogP contribution in [-0.2, 0) is 0 Å². The van der Waals surface area contributed by atoms with E-state index in [4.69, 9.17) is 0 Å². The van der Waals surface area contributed by atoms with Crippen LogP contribution >= 0.6 is 15.9 Å². The van der Waals surface area contributed by atoms with Crippen LogP contribution in [-0.4, -0.2) is 18.8 Å². The number of rotatable bonds is 0. The fourth-order valence-electron chi connectivity index (χ4n) is 2.51. The number of hydrogen-bond donors (Lipinski definition) is 0. The van der Waals surface area contributed by atoms with E-state index in [1.165, 1.54) is 16.7 Å². The highest BCUT2D eigenvalue weighted by Gasteiger charge is 1.99. The van der Waals surface area contributed by atoms with E-state index in [2.05, 4.69) is 65.0 Å². The zero-order valence-corrected chi connectivity index (χ0v) is 14.4. The number of pyridine rings is 2. The van der Waals surface area contributed by atoms with Gasteiger partial charge < -0.3 is 8.80 Å². The van der Waals surface area contributed by atoms with Crippen molar-refractivity contribution in [1.82, 2.24) is 18.8 Å². The van der Waals surface area contributed by atoms with Crippen molar-refractivity contribution < 1.29 is 0 Å². The third-order valence-corrected chi connectivity index (χ3v) is 3.97. The summed E-state index contributed by atoms with van der Waals surface area (Å²) in [4.78, 5) is 8.40. The highest BCUT2D eigenvalue weighted by Crippen LogP contribution is 2.17. The van der Waals surface area contributed by atoms with Gasteiger partial charge in [0, 0.05) is 37.2 Å². The van der Waals surface area contributed by atoms with Gasteiger partial charge in [-0.3, -0.25) is 0 Å². The Labute approximate surface area is 137 Å². The van der Waals surface area contributed by atoms with Gasteiger partial charge in [0.25, 0.3) is 0 Å². The summed E-state index contributed by atoms with van der Waals surface area (Å²) in [5.74, 6) is 0. The predicted octanol–water partition coefficient (Wildman–Crippen LogP) is 4.36. The molecule has 112 valence electrons. The molecule has 0 bridgehead atoms. The van der Waals surface area contributed by atoms with Crippen LogP contribution in [0.5, 0.6) is 0 Å². The summed E-state index contributed by atoms with van der Waals surface area (Å²) in [6.45, 7) is 6.23. The van der Waals surface area contributed by atoms with Crippen molar-refractivity contribution in [3.05, 3.63) is 70.5 Å². The van der Waals surface area contributed by atoms with Gasteiger partial charge in [0.15, 0.2) is 5.65 Å². The topological polar surface area (TPSA) is 34.6 Å². The molecule has 4 heterocycles. The Balaban J connectivity index is 0.000000131. The molecule has 0 aliphatic heterocycles. The minimum absolute atomic E-state index is 0.968. The Bertz CT molecular complexity index is 858. The summed E-state index contributed by atoms with van der Waals surface area (Å²) in [5.41, 5.74) is 5.75.